The molecular formula is C19H19BrFNO4S. The van der Waals surface area contributed by atoms with Gasteiger partial charge in [-0.2, -0.15) is 4.31 Å². The number of piperidine rings is 1. The van der Waals surface area contributed by atoms with Crippen LogP contribution in [0.5, 0.6) is 0 Å². The van der Waals surface area contributed by atoms with Crippen LogP contribution < -0.4 is 0 Å². The Balaban J connectivity index is 1.57. The minimum Gasteiger partial charge on any atom is -0.461 e. The zero-order valence-electron chi connectivity index (χ0n) is 14.5. The van der Waals surface area contributed by atoms with Crippen LogP contribution in [-0.2, 0) is 26.2 Å². The molecule has 1 fully saturated rings. The van der Waals surface area contributed by atoms with Crippen molar-refractivity contribution in [2.75, 3.05) is 13.1 Å². The SMILES string of the molecule is O=C(OCc1cccc(Br)c1)C1CCN(S(=O)(=O)c2ccccc2F)CC1. The minimum atomic E-state index is -3.90. The van der Waals surface area contributed by atoms with Gasteiger partial charge >= 0.3 is 5.97 Å². The molecule has 8 heteroatoms. The van der Waals surface area contributed by atoms with E-state index in [4.69, 9.17) is 4.74 Å². The summed E-state index contributed by atoms with van der Waals surface area (Å²) in [6.07, 6.45) is 0.704. The van der Waals surface area contributed by atoms with Crippen molar-refractivity contribution in [1.29, 1.82) is 0 Å². The summed E-state index contributed by atoms with van der Waals surface area (Å²) in [5.41, 5.74) is 0.872. The first-order chi connectivity index (χ1) is 12.9. The van der Waals surface area contributed by atoms with E-state index < -0.39 is 15.8 Å². The molecule has 0 atom stereocenters. The Labute approximate surface area is 166 Å². The van der Waals surface area contributed by atoms with Crippen LogP contribution in [0.2, 0.25) is 0 Å². The molecular weight excluding hydrogens is 437 g/mol. The fourth-order valence-corrected chi connectivity index (χ4v) is 5.01. The molecule has 5 nitrogen and oxygen atoms in total. The van der Waals surface area contributed by atoms with Crippen LogP contribution in [0.25, 0.3) is 0 Å². The van der Waals surface area contributed by atoms with Crippen molar-refractivity contribution in [2.45, 2.75) is 24.3 Å². The topological polar surface area (TPSA) is 63.7 Å². The number of sulfonamides is 1. The molecule has 3 rings (SSSR count). The fourth-order valence-electron chi connectivity index (χ4n) is 3.02. The molecule has 0 saturated carbocycles. The van der Waals surface area contributed by atoms with E-state index >= 15 is 0 Å². The summed E-state index contributed by atoms with van der Waals surface area (Å²) >= 11 is 3.37. The Morgan fingerprint density at radius 1 is 1.15 bits per heavy atom. The summed E-state index contributed by atoms with van der Waals surface area (Å²) in [5, 5.41) is 0. The molecule has 0 bridgehead atoms. The number of nitrogens with zero attached hydrogens (tertiary/aromatic N) is 1. The van der Waals surface area contributed by atoms with Crippen LogP contribution in [0.1, 0.15) is 18.4 Å². The Morgan fingerprint density at radius 3 is 2.52 bits per heavy atom. The van der Waals surface area contributed by atoms with E-state index in [0.29, 0.717) is 12.8 Å². The van der Waals surface area contributed by atoms with Gasteiger partial charge in [-0.3, -0.25) is 4.79 Å². The highest BCUT2D eigenvalue weighted by molar-refractivity contribution is 9.10. The number of carbonyl (C=O) groups is 1. The summed E-state index contributed by atoms with van der Waals surface area (Å²) in [6, 6.07) is 12.8. The highest BCUT2D eigenvalue weighted by atomic mass is 79.9. The summed E-state index contributed by atoms with van der Waals surface area (Å²) in [7, 11) is -3.90. The van der Waals surface area contributed by atoms with Gasteiger partial charge in [0, 0.05) is 17.6 Å². The zero-order chi connectivity index (χ0) is 19.4. The first kappa shape index (κ1) is 20.0. The molecule has 2 aromatic rings. The lowest BCUT2D eigenvalue weighted by molar-refractivity contribution is -0.151. The summed E-state index contributed by atoms with van der Waals surface area (Å²) in [6.45, 7) is 0.493. The molecule has 27 heavy (non-hydrogen) atoms. The molecule has 0 radical (unpaired) electrons. The molecule has 0 spiro atoms. The molecule has 144 valence electrons. The second kappa shape index (κ2) is 8.50. The van der Waals surface area contributed by atoms with Gasteiger partial charge in [-0.25, -0.2) is 12.8 Å². The van der Waals surface area contributed by atoms with E-state index in [1.165, 1.54) is 22.5 Å². The number of hydrogen-bond acceptors (Lipinski definition) is 4. The van der Waals surface area contributed by atoms with Crippen LogP contribution in [0.4, 0.5) is 4.39 Å². The van der Waals surface area contributed by atoms with E-state index in [-0.39, 0.29) is 36.5 Å². The van der Waals surface area contributed by atoms with Crippen LogP contribution in [0.15, 0.2) is 57.9 Å². The predicted octanol–water partition coefficient (Wildman–Crippen LogP) is 3.73. The molecule has 1 heterocycles. The van der Waals surface area contributed by atoms with Gasteiger partial charge in [0.25, 0.3) is 0 Å². The van der Waals surface area contributed by atoms with Gasteiger partial charge in [-0.1, -0.05) is 40.2 Å². The van der Waals surface area contributed by atoms with Crippen LogP contribution in [-0.4, -0.2) is 31.8 Å². The third-order valence-corrected chi connectivity index (χ3v) is 6.94. The molecule has 1 aliphatic heterocycles. The zero-order valence-corrected chi connectivity index (χ0v) is 16.9. The highest BCUT2D eigenvalue weighted by Gasteiger charge is 2.34. The number of rotatable bonds is 5. The number of hydrogen-bond donors (Lipinski definition) is 0. The maximum absolute atomic E-state index is 13.9. The molecule has 1 aliphatic rings. The van der Waals surface area contributed by atoms with Crippen molar-refractivity contribution >= 4 is 31.9 Å². The molecule has 0 unspecified atom stereocenters. The van der Waals surface area contributed by atoms with Gasteiger partial charge in [0.1, 0.15) is 17.3 Å². The first-order valence-electron chi connectivity index (χ1n) is 8.53. The summed E-state index contributed by atoms with van der Waals surface area (Å²) in [4.78, 5) is 11.9. The minimum absolute atomic E-state index is 0.160. The van der Waals surface area contributed by atoms with Crippen molar-refractivity contribution in [2.24, 2.45) is 5.92 Å². The molecule has 0 N–H and O–H groups in total. The second-order valence-corrected chi connectivity index (χ2v) is 9.17. The largest absolute Gasteiger partial charge is 0.461 e. The predicted molar refractivity (Wildman–Crippen MR) is 102 cm³/mol. The maximum atomic E-state index is 13.9. The summed E-state index contributed by atoms with van der Waals surface area (Å²) in [5.74, 6) is -1.46. The Hall–Kier alpha value is -1.77. The van der Waals surface area contributed by atoms with Gasteiger partial charge < -0.3 is 4.74 Å². The number of benzene rings is 2. The van der Waals surface area contributed by atoms with Crippen LogP contribution in [0, 0.1) is 11.7 Å². The van der Waals surface area contributed by atoms with E-state index in [0.717, 1.165) is 16.1 Å². The standard InChI is InChI=1S/C19H19BrFNO4S/c20-16-5-3-4-14(12-16)13-26-19(23)15-8-10-22(11-9-15)27(24,25)18-7-2-1-6-17(18)21/h1-7,12,15H,8-11,13H2. The molecule has 0 aliphatic carbocycles. The summed E-state index contributed by atoms with van der Waals surface area (Å²) < 4.78 is 46.5. The molecule has 1 saturated heterocycles. The second-order valence-electron chi connectivity index (χ2n) is 6.35. The smallest absolute Gasteiger partial charge is 0.309 e. The number of halogens is 2. The number of carbonyl (C=O) groups excluding carboxylic acids is 1. The lowest BCUT2D eigenvalue weighted by Crippen LogP contribution is -2.40. The monoisotopic (exact) mass is 455 g/mol. The third kappa shape index (κ3) is 4.75. The van der Waals surface area contributed by atoms with E-state index in [2.05, 4.69) is 15.9 Å². The Bertz CT molecular complexity index is 927. The lowest BCUT2D eigenvalue weighted by atomic mass is 9.98. The van der Waals surface area contributed by atoms with Crippen LogP contribution in [0.3, 0.4) is 0 Å². The lowest BCUT2D eigenvalue weighted by Gasteiger charge is -2.30. The molecule has 2 aromatic carbocycles. The quantitative estimate of drug-likeness (QED) is 0.644. The van der Waals surface area contributed by atoms with E-state index in [1.807, 2.05) is 24.3 Å². The average Bonchev–Trinajstić information content (AvgIpc) is 2.66. The van der Waals surface area contributed by atoms with E-state index in [1.54, 1.807) is 0 Å². The maximum Gasteiger partial charge on any atom is 0.309 e. The van der Waals surface area contributed by atoms with E-state index in [9.17, 15) is 17.6 Å². The normalized spacial score (nSPS) is 16.2. The van der Waals surface area contributed by atoms with Crippen molar-refractivity contribution in [1.82, 2.24) is 4.31 Å². The van der Waals surface area contributed by atoms with Gasteiger partial charge in [-0.05, 0) is 42.7 Å². The fraction of sp³-hybridized carbons (Fsp3) is 0.316. The highest BCUT2D eigenvalue weighted by Crippen LogP contribution is 2.26. The van der Waals surface area contributed by atoms with Gasteiger partial charge in [0.15, 0.2) is 0 Å². The Kier molecular flexibility index (Phi) is 6.29. The van der Waals surface area contributed by atoms with Crippen molar-refractivity contribution in [3.63, 3.8) is 0 Å². The Morgan fingerprint density at radius 2 is 1.85 bits per heavy atom. The van der Waals surface area contributed by atoms with Gasteiger partial charge in [0.05, 0.1) is 5.92 Å². The third-order valence-electron chi connectivity index (χ3n) is 4.51. The number of esters is 1. The van der Waals surface area contributed by atoms with Crippen molar-refractivity contribution in [3.8, 4) is 0 Å². The van der Waals surface area contributed by atoms with Gasteiger partial charge in [-0.15, -0.1) is 0 Å². The molecule has 0 aromatic heterocycles. The average molecular weight is 456 g/mol. The first-order valence-corrected chi connectivity index (χ1v) is 10.8. The van der Waals surface area contributed by atoms with Crippen LogP contribution >= 0.6 is 15.9 Å². The molecule has 0 amide bonds. The van der Waals surface area contributed by atoms with Crippen molar-refractivity contribution in [3.05, 3.63) is 64.4 Å². The van der Waals surface area contributed by atoms with Gasteiger partial charge in [0.2, 0.25) is 10.0 Å². The number of ether oxygens (including phenoxy) is 1. The van der Waals surface area contributed by atoms with Crippen molar-refractivity contribution < 1.29 is 22.3 Å².